The van der Waals surface area contributed by atoms with Crippen molar-refractivity contribution in [1.82, 2.24) is 0 Å². The monoisotopic (exact) mass is 428 g/mol. The molecule has 3 aromatic rings. The summed E-state index contributed by atoms with van der Waals surface area (Å²) in [6.07, 6.45) is 0. The van der Waals surface area contributed by atoms with Crippen LogP contribution in [-0.4, -0.2) is 20.9 Å². The largest absolute Gasteiger partial charge is 0.484 e. The maximum Gasteiger partial charge on any atom is 0.262 e. The molecule has 0 aliphatic carbocycles. The molecule has 1 amide bonds. The number of ether oxygens (including phenoxy) is 1. The van der Waals surface area contributed by atoms with Crippen molar-refractivity contribution in [3.05, 3.63) is 83.7 Å². The number of halogens is 1. The third kappa shape index (κ3) is 5.57. The molecule has 2 N–H and O–H groups in total. The van der Waals surface area contributed by atoms with Crippen LogP contribution >= 0.6 is 0 Å². The zero-order valence-corrected chi connectivity index (χ0v) is 17.3. The predicted octanol–water partition coefficient (Wildman–Crippen LogP) is 4.26. The molecule has 0 aliphatic heterocycles. The molecule has 0 aromatic heterocycles. The second-order valence-electron chi connectivity index (χ2n) is 6.77. The van der Waals surface area contributed by atoms with Crippen LogP contribution in [0.3, 0.4) is 0 Å². The number of aryl methyl sites for hydroxylation is 2. The zero-order valence-electron chi connectivity index (χ0n) is 16.5. The standard InChI is InChI=1S/C22H21FN2O4S/c1-15-11-16(2)13-18(12-15)29-14-22(26)24-17-7-9-19(10-8-17)30(27,28)25-21-6-4-3-5-20(21)23/h3-13,25H,14H2,1-2H3,(H,24,26). The van der Waals surface area contributed by atoms with E-state index in [4.69, 9.17) is 4.74 Å². The van der Waals surface area contributed by atoms with Crippen molar-refractivity contribution < 1.29 is 22.3 Å². The first kappa shape index (κ1) is 21.3. The summed E-state index contributed by atoms with van der Waals surface area (Å²) in [5.74, 6) is -0.452. The van der Waals surface area contributed by atoms with Crippen LogP contribution in [0.4, 0.5) is 15.8 Å². The van der Waals surface area contributed by atoms with Crippen LogP contribution in [0.15, 0.2) is 71.6 Å². The number of sulfonamides is 1. The summed E-state index contributed by atoms with van der Waals surface area (Å²) in [6, 6.07) is 16.7. The first-order valence-electron chi connectivity index (χ1n) is 9.11. The summed E-state index contributed by atoms with van der Waals surface area (Å²) in [5.41, 5.74) is 2.34. The topological polar surface area (TPSA) is 84.5 Å². The fraction of sp³-hybridized carbons (Fsp3) is 0.136. The highest BCUT2D eigenvalue weighted by atomic mass is 32.2. The van der Waals surface area contributed by atoms with Gasteiger partial charge in [0.1, 0.15) is 11.6 Å². The Morgan fingerprint density at radius 3 is 2.23 bits per heavy atom. The molecule has 8 heteroatoms. The van der Waals surface area contributed by atoms with E-state index in [1.165, 1.54) is 42.5 Å². The van der Waals surface area contributed by atoms with Crippen LogP contribution in [0.25, 0.3) is 0 Å². The molecule has 0 fully saturated rings. The van der Waals surface area contributed by atoms with Gasteiger partial charge >= 0.3 is 0 Å². The summed E-state index contributed by atoms with van der Waals surface area (Å²) in [4.78, 5) is 12.0. The van der Waals surface area contributed by atoms with E-state index in [9.17, 15) is 17.6 Å². The fourth-order valence-corrected chi connectivity index (χ4v) is 3.89. The smallest absolute Gasteiger partial charge is 0.262 e. The van der Waals surface area contributed by atoms with Gasteiger partial charge in [-0.3, -0.25) is 9.52 Å². The first-order valence-corrected chi connectivity index (χ1v) is 10.6. The lowest BCUT2D eigenvalue weighted by Gasteiger charge is -2.11. The molecule has 0 spiro atoms. The SMILES string of the molecule is Cc1cc(C)cc(OCC(=O)Nc2ccc(S(=O)(=O)Nc3ccccc3F)cc2)c1. The number of para-hydroxylation sites is 1. The number of hydrogen-bond donors (Lipinski definition) is 2. The van der Waals surface area contributed by atoms with Gasteiger partial charge in [0, 0.05) is 5.69 Å². The number of amides is 1. The third-order valence-electron chi connectivity index (χ3n) is 4.13. The molecule has 0 atom stereocenters. The van der Waals surface area contributed by atoms with E-state index in [1.54, 1.807) is 0 Å². The molecule has 3 aromatic carbocycles. The number of rotatable bonds is 7. The predicted molar refractivity (Wildman–Crippen MR) is 114 cm³/mol. The summed E-state index contributed by atoms with van der Waals surface area (Å²) in [5, 5.41) is 2.64. The Hall–Kier alpha value is -3.39. The average molecular weight is 428 g/mol. The maximum absolute atomic E-state index is 13.7. The van der Waals surface area contributed by atoms with E-state index in [0.29, 0.717) is 11.4 Å². The Balaban J connectivity index is 1.61. The van der Waals surface area contributed by atoms with Gasteiger partial charge in [-0.2, -0.15) is 0 Å². The highest BCUT2D eigenvalue weighted by molar-refractivity contribution is 7.92. The first-order chi connectivity index (χ1) is 14.2. The van der Waals surface area contributed by atoms with Gasteiger partial charge in [0.25, 0.3) is 15.9 Å². The molecule has 0 bridgehead atoms. The van der Waals surface area contributed by atoms with E-state index < -0.39 is 15.8 Å². The van der Waals surface area contributed by atoms with Crippen molar-refractivity contribution in [2.24, 2.45) is 0 Å². The van der Waals surface area contributed by atoms with Crippen LogP contribution in [-0.2, 0) is 14.8 Å². The molecular formula is C22H21FN2O4S. The van der Waals surface area contributed by atoms with Gasteiger partial charge in [-0.15, -0.1) is 0 Å². The highest BCUT2D eigenvalue weighted by Crippen LogP contribution is 2.20. The number of carbonyl (C=O) groups is 1. The zero-order chi connectivity index (χ0) is 21.7. The van der Waals surface area contributed by atoms with Gasteiger partial charge in [0.05, 0.1) is 10.6 Å². The summed E-state index contributed by atoms with van der Waals surface area (Å²) >= 11 is 0. The second-order valence-corrected chi connectivity index (χ2v) is 8.45. The normalized spacial score (nSPS) is 11.0. The molecule has 156 valence electrons. The maximum atomic E-state index is 13.7. The van der Waals surface area contributed by atoms with E-state index in [2.05, 4.69) is 10.0 Å². The van der Waals surface area contributed by atoms with Gasteiger partial charge in [0.2, 0.25) is 0 Å². The van der Waals surface area contributed by atoms with Crippen molar-refractivity contribution in [2.75, 3.05) is 16.6 Å². The third-order valence-corrected chi connectivity index (χ3v) is 5.51. The molecule has 0 radical (unpaired) electrons. The molecule has 0 heterocycles. The molecule has 0 saturated carbocycles. The minimum Gasteiger partial charge on any atom is -0.484 e. The van der Waals surface area contributed by atoms with Crippen molar-refractivity contribution >= 4 is 27.3 Å². The number of carbonyl (C=O) groups excluding carboxylic acids is 1. The van der Waals surface area contributed by atoms with E-state index in [1.807, 2.05) is 32.0 Å². The lowest BCUT2D eigenvalue weighted by atomic mass is 10.1. The van der Waals surface area contributed by atoms with Gasteiger partial charge in [-0.25, -0.2) is 12.8 Å². The molecular weight excluding hydrogens is 407 g/mol. The molecule has 30 heavy (non-hydrogen) atoms. The van der Waals surface area contributed by atoms with Gasteiger partial charge in [0.15, 0.2) is 6.61 Å². The Bertz CT molecular complexity index is 1140. The Labute approximate surface area is 174 Å². The average Bonchev–Trinajstić information content (AvgIpc) is 2.68. The summed E-state index contributed by atoms with van der Waals surface area (Å²) in [6.45, 7) is 3.70. The van der Waals surface area contributed by atoms with Gasteiger partial charge in [-0.05, 0) is 73.5 Å². The lowest BCUT2D eigenvalue weighted by molar-refractivity contribution is -0.118. The van der Waals surface area contributed by atoms with Crippen molar-refractivity contribution in [1.29, 1.82) is 0 Å². The van der Waals surface area contributed by atoms with Crippen LogP contribution < -0.4 is 14.8 Å². The van der Waals surface area contributed by atoms with Crippen LogP contribution in [0.1, 0.15) is 11.1 Å². The van der Waals surface area contributed by atoms with Crippen LogP contribution in [0, 0.1) is 19.7 Å². The van der Waals surface area contributed by atoms with Crippen LogP contribution in [0.2, 0.25) is 0 Å². The molecule has 3 rings (SSSR count). The number of hydrogen-bond acceptors (Lipinski definition) is 4. The van der Waals surface area contributed by atoms with Crippen molar-refractivity contribution in [2.45, 2.75) is 18.7 Å². The molecule has 0 unspecified atom stereocenters. The Kier molecular flexibility index (Phi) is 6.37. The highest BCUT2D eigenvalue weighted by Gasteiger charge is 2.16. The second kappa shape index (κ2) is 8.96. The summed E-state index contributed by atoms with van der Waals surface area (Å²) in [7, 11) is -3.96. The summed E-state index contributed by atoms with van der Waals surface area (Å²) < 4.78 is 46.2. The van der Waals surface area contributed by atoms with Crippen LogP contribution in [0.5, 0.6) is 5.75 Å². The minimum atomic E-state index is -3.96. The van der Waals surface area contributed by atoms with E-state index in [0.717, 1.165) is 17.2 Å². The number of nitrogens with one attached hydrogen (secondary N) is 2. The van der Waals surface area contributed by atoms with E-state index in [-0.39, 0.29) is 23.1 Å². The van der Waals surface area contributed by atoms with E-state index >= 15 is 0 Å². The number of benzene rings is 3. The number of anilines is 2. The van der Waals surface area contributed by atoms with Crippen molar-refractivity contribution in [3.8, 4) is 5.75 Å². The molecule has 0 saturated heterocycles. The Morgan fingerprint density at radius 2 is 1.60 bits per heavy atom. The quantitative estimate of drug-likeness (QED) is 0.589. The molecule has 6 nitrogen and oxygen atoms in total. The van der Waals surface area contributed by atoms with Gasteiger partial charge < -0.3 is 10.1 Å². The minimum absolute atomic E-state index is 0.0600. The Morgan fingerprint density at radius 1 is 0.967 bits per heavy atom. The van der Waals surface area contributed by atoms with Crippen molar-refractivity contribution in [3.63, 3.8) is 0 Å². The fourth-order valence-electron chi connectivity index (χ4n) is 2.83. The molecule has 0 aliphatic rings. The van der Waals surface area contributed by atoms with Gasteiger partial charge in [-0.1, -0.05) is 18.2 Å². The lowest BCUT2D eigenvalue weighted by Crippen LogP contribution is -2.20.